The number of sulfonamides is 1. The molecule has 0 radical (unpaired) electrons. The molecule has 1 heterocycles. The SMILES string of the molecule is CCN(CC)S(=O)(=O)c1cccc(-c2nnc(SCCC#N)n2Cc2ccccc2)c1. The van der Waals surface area contributed by atoms with Crippen LogP contribution in [0, 0.1) is 11.3 Å². The molecule has 0 fully saturated rings. The summed E-state index contributed by atoms with van der Waals surface area (Å²) in [5.41, 5.74) is 1.77. The van der Waals surface area contributed by atoms with E-state index >= 15 is 0 Å². The number of hydrogen-bond donors (Lipinski definition) is 0. The molecule has 0 atom stereocenters. The van der Waals surface area contributed by atoms with E-state index in [0.717, 1.165) is 5.56 Å². The Labute approximate surface area is 187 Å². The zero-order chi connectivity index (χ0) is 22.3. The Morgan fingerprint density at radius 3 is 2.48 bits per heavy atom. The van der Waals surface area contributed by atoms with Crippen LogP contribution in [0.2, 0.25) is 0 Å². The Morgan fingerprint density at radius 2 is 1.81 bits per heavy atom. The lowest BCUT2D eigenvalue weighted by Crippen LogP contribution is -2.30. The van der Waals surface area contributed by atoms with Crippen LogP contribution in [0.25, 0.3) is 11.4 Å². The molecule has 7 nitrogen and oxygen atoms in total. The molecule has 162 valence electrons. The third-order valence-electron chi connectivity index (χ3n) is 4.78. The summed E-state index contributed by atoms with van der Waals surface area (Å²) in [6.07, 6.45) is 0.412. The number of rotatable bonds is 10. The fourth-order valence-corrected chi connectivity index (χ4v) is 5.50. The zero-order valence-corrected chi connectivity index (χ0v) is 19.2. The smallest absolute Gasteiger partial charge is 0.243 e. The first-order valence-corrected chi connectivity index (χ1v) is 12.5. The Kier molecular flexibility index (Phi) is 7.85. The molecule has 0 N–H and O–H groups in total. The summed E-state index contributed by atoms with van der Waals surface area (Å²) < 4.78 is 29.4. The summed E-state index contributed by atoms with van der Waals surface area (Å²) in [4.78, 5) is 0.238. The minimum absolute atomic E-state index is 0.238. The van der Waals surface area contributed by atoms with E-state index < -0.39 is 10.0 Å². The largest absolute Gasteiger partial charge is 0.298 e. The molecule has 2 aromatic carbocycles. The number of thioether (sulfide) groups is 1. The van der Waals surface area contributed by atoms with E-state index in [1.54, 1.807) is 18.2 Å². The van der Waals surface area contributed by atoms with Crippen molar-refractivity contribution in [2.45, 2.75) is 36.9 Å². The third kappa shape index (κ3) is 5.34. The van der Waals surface area contributed by atoms with E-state index in [2.05, 4.69) is 16.3 Å². The van der Waals surface area contributed by atoms with Gasteiger partial charge >= 0.3 is 0 Å². The lowest BCUT2D eigenvalue weighted by atomic mass is 10.2. The summed E-state index contributed by atoms with van der Waals surface area (Å²) in [6.45, 7) is 5.02. The maximum Gasteiger partial charge on any atom is 0.243 e. The molecular formula is C22H25N5O2S2. The van der Waals surface area contributed by atoms with Crippen LogP contribution < -0.4 is 0 Å². The maximum atomic E-state index is 13.0. The summed E-state index contributed by atoms with van der Waals surface area (Å²) in [5, 5.41) is 18.3. The molecule has 0 aliphatic carbocycles. The highest BCUT2D eigenvalue weighted by atomic mass is 32.2. The number of hydrogen-bond acceptors (Lipinski definition) is 6. The Balaban J connectivity index is 2.03. The van der Waals surface area contributed by atoms with Gasteiger partial charge in [0.1, 0.15) is 0 Å². The predicted molar refractivity (Wildman–Crippen MR) is 122 cm³/mol. The van der Waals surface area contributed by atoms with Gasteiger partial charge in [-0.15, -0.1) is 10.2 Å². The lowest BCUT2D eigenvalue weighted by molar-refractivity contribution is 0.445. The van der Waals surface area contributed by atoms with Crippen LogP contribution in [0.4, 0.5) is 0 Å². The molecule has 0 aliphatic rings. The minimum Gasteiger partial charge on any atom is -0.298 e. The van der Waals surface area contributed by atoms with Crippen molar-refractivity contribution < 1.29 is 8.42 Å². The van der Waals surface area contributed by atoms with Crippen LogP contribution in [0.15, 0.2) is 64.6 Å². The molecule has 1 aromatic heterocycles. The third-order valence-corrected chi connectivity index (χ3v) is 7.80. The Bertz CT molecular complexity index is 1150. The van der Waals surface area contributed by atoms with Gasteiger partial charge in [0.2, 0.25) is 10.0 Å². The van der Waals surface area contributed by atoms with E-state index in [9.17, 15) is 8.42 Å². The van der Waals surface area contributed by atoms with Crippen molar-refractivity contribution in [3.05, 3.63) is 60.2 Å². The first kappa shape index (κ1) is 23.0. The molecular weight excluding hydrogens is 430 g/mol. The normalized spacial score (nSPS) is 11.5. The van der Waals surface area contributed by atoms with E-state index in [1.165, 1.54) is 16.1 Å². The van der Waals surface area contributed by atoms with Crippen molar-refractivity contribution in [3.63, 3.8) is 0 Å². The molecule has 3 aromatic rings. The van der Waals surface area contributed by atoms with Crippen LogP contribution in [0.1, 0.15) is 25.8 Å². The van der Waals surface area contributed by atoms with E-state index in [4.69, 9.17) is 5.26 Å². The van der Waals surface area contributed by atoms with Gasteiger partial charge in [0.05, 0.1) is 17.5 Å². The number of nitriles is 1. The summed E-state index contributed by atoms with van der Waals surface area (Å²) in [5.74, 6) is 1.21. The van der Waals surface area contributed by atoms with Gasteiger partial charge in [0.25, 0.3) is 0 Å². The molecule has 31 heavy (non-hydrogen) atoms. The molecule has 0 saturated carbocycles. The van der Waals surface area contributed by atoms with Gasteiger partial charge in [-0.1, -0.05) is 68.1 Å². The fraction of sp³-hybridized carbons (Fsp3) is 0.318. The maximum absolute atomic E-state index is 13.0. The van der Waals surface area contributed by atoms with Crippen molar-refractivity contribution in [3.8, 4) is 17.5 Å². The van der Waals surface area contributed by atoms with Crippen molar-refractivity contribution in [1.82, 2.24) is 19.1 Å². The molecule has 0 saturated heterocycles. The average Bonchev–Trinajstić information content (AvgIpc) is 3.18. The molecule has 0 aliphatic heterocycles. The lowest BCUT2D eigenvalue weighted by Gasteiger charge is -2.19. The van der Waals surface area contributed by atoms with Crippen LogP contribution in [0.5, 0.6) is 0 Å². The first-order valence-electron chi connectivity index (χ1n) is 10.1. The predicted octanol–water partition coefficient (Wildman–Crippen LogP) is 4.03. The second-order valence-corrected chi connectivity index (χ2v) is 9.75. The van der Waals surface area contributed by atoms with Crippen LogP contribution in [-0.2, 0) is 16.6 Å². The van der Waals surface area contributed by atoms with Crippen molar-refractivity contribution in [2.24, 2.45) is 0 Å². The molecule has 9 heteroatoms. The van der Waals surface area contributed by atoms with E-state index in [1.807, 2.05) is 54.8 Å². The Morgan fingerprint density at radius 1 is 1.06 bits per heavy atom. The molecule has 0 unspecified atom stereocenters. The number of nitrogens with zero attached hydrogens (tertiary/aromatic N) is 5. The molecule has 0 amide bonds. The van der Waals surface area contributed by atoms with Gasteiger partial charge in [-0.3, -0.25) is 4.57 Å². The minimum atomic E-state index is -3.58. The van der Waals surface area contributed by atoms with Crippen LogP contribution in [-0.4, -0.2) is 46.3 Å². The van der Waals surface area contributed by atoms with Gasteiger partial charge in [-0.25, -0.2) is 8.42 Å². The molecule has 3 rings (SSSR count). The van der Waals surface area contributed by atoms with E-state index in [-0.39, 0.29) is 4.90 Å². The summed E-state index contributed by atoms with van der Waals surface area (Å²) in [7, 11) is -3.58. The van der Waals surface area contributed by atoms with Gasteiger partial charge in [-0.05, 0) is 17.7 Å². The van der Waals surface area contributed by atoms with Gasteiger partial charge < -0.3 is 0 Å². The number of benzene rings is 2. The number of aromatic nitrogens is 3. The topological polar surface area (TPSA) is 91.9 Å². The highest BCUT2D eigenvalue weighted by Crippen LogP contribution is 2.28. The summed E-state index contributed by atoms with van der Waals surface area (Å²) in [6, 6.07) is 18.9. The highest BCUT2D eigenvalue weighted by Gasteiger charge is 2.23. The standard InChI is InChI=1S/C22H25N5O2S2/c1-3-26(4-2)31(28,29)20-13-8-12-19(16-20)21-24-25-22(30-15-9-14-23)27(21)17-18-10-6-5-7-11-18/h5-8,10-13,16H,3-4,9,15,17H2,1-2H3. The molecule has 0 spiro atoms. The average molecular weight is 456 g/mol. The Hall–Kier alpha value is -2.67. The molecule has 0 bridgehead atoms. The van der Waals surface area contributed by atoms with Gasteiger partial charge in [0.15, 0.2) is 11.0 Å². The quantitative estimate of drug-likeness (QED) is 0.339. The second-order valence-electron chi connectivity index (χ2n) is 6.75. The van der Waals surface area contributed by atoms with Crippen LogP contribution in [0.3, 0.4) is 0 Å². The highest BCUT2D eigenvalue weighted by molar-refractivity contribution is 7.99. The van der Waals surface area contributed by atoms with Gasteiger partial charge in [0, 0.05) is 30.8 Å². The van der Waals surface area contributed by atoms with Crippen molar-refractivity contribution >= 4 is 21.8 Å². The van der Waals surface area contributed by atoms with Crippen LogP contribution >= 0.6 is 11.8 Å². The second kappa shape index (κ2) is 10.6. The van der Waals surface area contributed by atoms with Crippen molar-refractivity contribution in [1.29, 1.82) is 5.26 Å². The zero-order valence-electron chi connectivity index (χ0n) is 17.6. The monoisotopic (exact) mass is 455 g/mol. The first-order chi connectivity index (χ1) is 15.0. The van der Waals surface area contributed by atoms with Gasteiger partial charge in [-0.2, -0.15) is 9.57 Å². The van der Waals surface area contributed by atoms with Crippen molar-refractivity contribution in [2.75, 3.05) is 18.8 Å². The summed E-state index contributed by atoms with van der Waals surface area (Å²) >= 11 is 1.47. The van der Waals surface area contributed by atoms with E-state index in [0.29, 0.717) is 48.4 Å². The fourth-order valence-electron chi connectivity index (χ4n) is 3.21.